The molecule has 2 aromatic carbocycles. The maximum absolute atomic E-state index is 3.77. The standard InChI is InChI=1S/C16H15N/c1-3-7-14-11(5-1)9-13-10-12-6-2-4-8-15(12)16(14)17-13/h1-8,13,16-17H,9-10H2. The fraction of sp³-hybridized carbons (Fsp3) is 0.250. The van der Waals surface area contributed by atoms with E-state index < -0.39 is 0 Å². The van der Waals surface area contributed by atoms with Gasteiger partial charge < -0.3 is 5.32 Å². The molecule has 0 saturated heterocycles. The van der Waals surface area contributed by atoms with Crippen molar-refractivity contribution in [1.82, 2.24) is 5.32 Å². The third kappa shape index (κ3) is 1.36. The molecule has 0 spiro atoms. The topological polar surface area (TPSA) is 12.0 Å². The SMILES string of the molecule is c1ccc2c(c1)CC1Cc3ccccc3C2N1. The summed E-state index contributed by atoms with van der Waals surface area (Å²) in [5.74, 6) is 0. The van der Waals surface area contributed by atoms with Crippen molar-refractivity contribution in [2.24, 2.45) is 0 Å². The van der Waals surface area contributed by atoms with Gasteiger partial charge in [-0.05, 0) is 35.1 Å². The zero-order valence-corrected chi connectivity index (χ0v) is 9.69. The average molecular weight is 221 g/mol. The molecule has 0 fully saturated rings. The van der Waals surface area contributed by atoms with Gasteiger partial charge in [-0.2, -0.15) is 0 Å². The van der Waals surface area contributed by atoms with Gasteiger partial charge in [0.2, 0.25) is 0 Å². The first-order chi connectivity index (χ1) is 8.42. The lowest BCUT2D eigenvalue weighted by Gasteiger charge is -2.39. The van der Waals surface area contributed by atoms with Crippen LogP contribution in [0.25, 0.3) is 0 Å². The van der Waals surface area contributed by atoms with Crippen LogP contribution in [0.5, 0.6) is 0 Å². The maximum Gasteiger partial charge on any atom is 0.0584 e. The van der Waals surface area contributed by atoms with Crippen molar-refractivity contribution in [3.63, 3.8) is 0 Å². The van der Waals surface area contributed by atoms with Crippen LogP contribution in [0.4, 0.5) is 0 Å². The smallest absolute Gasteiger partial charge is 0.0584 e. The molecular weight excluding hydrogens is 206 g/mol. The summed E-state index contributed by atoms with van der Waals surface area (Å²) in [6.07, 6.45) is 2.34. The van der Waals surface area contributed by atoms with E-state index in [1.54, 1.807) is 0 Å². The quantitative estimate of drug-likeness (QED) is 0.721. The van der Waals surface area contributed by atoms with Gasteiger partial charge in [0.05, 0.1) is 6.04 Å². The van der Waals surface area contributed by atoms with Gasteiger partial charge in [-0.15, -0.1) is 0 Å². The van der Waals surface area contributed by atoms with Gasteiger partial charge >= 0.3 is 0 Å². The van der Waals surface area contributed by atoms with Crippen LogP contribution in [-0.2, 0) is 12.8 Å². The first-order valence-electron chi connectivity index (χ1n) is 6.33. The minimum absolute atomic E-state index is 0.412. The van der Waals surface area contributed by atoms with Gasteiger partial charge in [-0.3, -0.25) is 0 Å². The zero-order chi connectivity index (χ0) is 11.2. The number of hydrogen-bond donors (Lipinski definition) is 1. The second kappa shape index (κ2) is 3.44. The van der Waals surface area contributed by atoms with E-state index in [9.17, 15) is 0 Å². The Morgan fingerprint density at radius 1 is 0.765 bits per heavy atom. The molecule has 2 aromatic rings. The third-order valence-electron chi connectivity index (χ3n) is 4.07. The van der Waals surface area contributed by atoms with Gasteiger partial charge in [0.1, 0.15) is 0 Å². The molecule has 0 amide bonds. The second-order valence-corrected chi connectivity index (χ2v) is 5.10. The summed E-state index contributed by atoms with van der Waals surface area (Å²) >= 11 is 0. The highest BCUT2D eigenvalue weighted by Crippen LogP contribution is 2.36. The van der Waals surface area contributed by atoms with Crippen molar-refractivity contribution in [2.45, 2.75) is 24.9 Å². The van der Waals surface area contributed by atoms with Gasteiger partial charge in [-0.25, -0.2) is 0 Å². The number of benzene rings is 2. The van der Waals surface area contributed by atoms with E-state index in [4.69, 9.17) is 0 Å². The highest BCUT2D eigenvalue weighted by atomic mass is 15.0. The Kier molecular flexibility index (Phi) is 1.91. The first-order valence-corrected chi connectivity index (χ1v) is 6.33. The van der Waals surface area contributed by atoms with Crippen LogP contribution in [0.1, 0.15) is 28.3 Å². The second-order valence-electron chi connectivity index (χ2n) is 5.10. The molecule has 84 valence electrons. The molecule has 0 aromatic heterocycles. The fourth-order valence-electron chi connectivity index (χ4n) is 3.31. The molecule has 1 N–H and O–H groups in total. The highest BCUT2D eigenvalue weighted by Gasteiger charge is 2.32. The number of hydrogen-bond acceptors (Lipinski definition) is 1. The van der Waals surface area contributed by atoms with Crippen molar-refractivity contribution in [3.8, 4) is 0 Å². The van der Waals surface area contributed by atoms with Gasteiger partial charge in [-0.1, -0.05) is 48.5 Å². The Balaban J connectivity index is 1.94. The summed E-state index contributed by atoms with van der Waals surface area (Å²) in [6, 6.07) is 18.7. The van der Waals surface area contributed by atoms with E-state index in [0.29, 0.717) is 12.1 Å². The molecule has 0 radical (unpaired) electrons. The van der Waals surface area contributed by atoms with E-state index in [1.165, 1.54) is 35.1 Å². The van der Waals surface area contributed by atoms with E-state index in [1.807, 2.05) is 0 Å². The van der Waals surface area contributed by atoms with E-state index in [0.717, 1.165) is 0 Å². The highest BCUT2D eigenvalue weighted by molar-refractivity contribution is 5.46. The molecule has 2 aliphatic rings. The number of nitrogens with one attached hydrogen (secondary N) is 1. The largest absolute Gasteiger partial charge is 0.303 e. The third-order valence-corrected chi connectivity index (χ3v) is 4.07. The average Bonchev–Trinajstić information content (AvgIpc) is 2.39. The Bertz CT molecular complexity index is 524. The molecule has 1 nitrogen and oxygen atoms in total. The van der Waals surface area contributed by atoms with Crippen molar-refractivity contribution < 1.29 is 0 Å². The number of rotatable bonds is 0. The van der Waals surface area contributed by atoms with E-state index in [2.05, 4.69) is 53.8 Å². The normalized spacial score (nSPS) is 24.9. The lowest BCUT2D eigenvalue weighted by molar-refractivity contribution is 0.408. The van der Waals surface area contributed by atoms with E-state index in [-0.39, 0.29) is 0 Å². The first kappa shape index (κ1) is 9.43. The molecule has 4 rings (SSSR count). The van der Waals surface area contributed by atoms with E-state index >= 15 is 0 Å². The molecule has 0 aliphatic carbocycles. The minimum Gasteiger partial charge on any atom is -0.303 e. The van der Waals surface area contributed by atoms with Crippen LogP contribution >= 0.6 is 0 Å². The maximum atomic E-state index is 3.77. The summed E-state index contributed by atoms with van der Waals surface area (Å²) in [5.41, 5.74) is 5.98. The predicted octanol–water partition coefficient (Wildman–Crippen LogP) is 2.85. The lowest BCUT2D eigenvalue weighted by atomic mass is 9.78. The molecule has 0 unspecified atom stereocenters. The molecule has 17 heavy (non-hydrogen) atoms. The molecule has 2 bridgehead atoms. The Morgan fingerprint density at radius 2 is 1.29 bits per heavy atom. The summed E-state index contributed by atoms with van der Waals surface area (Å²) in [5, 5.41) is 3.77. The molecule has 1 heteroatoms. The number of fused-ring (bicyclic) bond motifs is 6. The van der Waals surface area contributed by atoms with Crippen molar-refractivity contribution in [3.05, 3.63) is 70.8 Å². The predicted molar refractivity (Wildman–Crippen MR) is 69.1 cm³/mol. The summed E-state index contributed by atoms with van der Waals surface area (Å²) in [4.78, 5) is 0. The van der Waals surface area contributed by atoms with Crippen molar-refractivity contribution >= 4 is 0 Å². The van der Waals surface area contributed by atoms with Crippen LogP contribution in [0.3, 0.4) is 0 Å². The zero-order valence-electron chi connectivity index (χ0n) is 9.69. The Labute approximate surface area is 101 Å². The lowest BCUT2D eigenvalue weighted by Crippen LogP contribution is -2.45. The molecule has 2 aliphatic heterocycles. The van der Waals surface area contributed by atoms with Crippen LogP contribution in [0, 0.1) is 0 Å². The Hall–Kier alpha value is -1.60. The van der Waals surface area contributed by atoms with Gasteiger partial charge in [0, 0.05) is 6.04 Å². The van der Waals surface area contributed by atoms with Crippen LogP contribution < -0.4 is 5.32 Å². The monoisotopic (exact) mass is 221 g/mol. The van der Waals surface area contributed by atoms with Crippen LogP contribution in [-0.4, -0.2) is 6.04 Å². The fourth-order valence-corrected chi connectivity index (χ4v) is 3.31. The minimum atomic E-state index is 0.412. The van der Waals surface area contributed by atoms with Gasteiger partial charge in [0.15, 0.2) is 0 Å². The Morgan fingerprint density at radius 3 is 1.88 bits per heavy atom. The molecular formula is C16H15N. The van der Waals surface area contributed by atoms with Crippen LogP contribution in [0.2, 0.25) is 0 Å². The molecule has 0 atom stereocenters. The molecule has 2 heterocycles. The molecule has 0 saturated carbocycles. The van der Waals surface area contributed by atoms with Gasteiger partial charge in [0.25, 0.3) is 0 Å². The van der Waals surface area contributed by atoms with Crippen molar-refractivity contribution in [2.75, 3.05) is 0 Å². The summed E-state index contributed by atoms with van der Waals surface area (Å²) < 4.78 is 0. The summed E-state index contributed by atoms with van der Waals surface area (Å²) in [7, 11) is 0. The van der Waals surface area contributed by atoms with Crippen LogP contribution in [0.15, 0.2) is 48.5 Å². The van der Waals surface area contributed by atoms with Crippen molar-refractivity contribution in [1.29, 1.82) is 0 Å². The summed E-state index contributed by atoms with van der Waals surface area (Å²) in [6.45, 7) is 0.